The van der Waals surface area contributed by atoms with Crippen LogP contribution in [0.3, 0.4) is 0 Å². The van der Waals surface area contributed by atoms with Gasteiger partial charge in [0.1, 0.15) is 0 Å². The molecule has 0 fully saturated rings. The monoisotopic (exact) mass is 262 g/mol. The molecule has 0 aromatic heterocycles. The highest BCUT2D eigenvalue weighted by molar-refractivity contribution is 5.95. The Labute approximate surface area is 114 Å². The molecule has 104 valence electrons. The van der Waals surface area contributed by atoms with Crippen LogP contribution in [0.15, 0.2) is 24.3 Å². The topological polar surface area (TPSA) is 58.2 Å². The average Bonchev–Trinajstić information content (AvgIpc) is 2.35. The number of carbonyl (C=O) groups is 2. The Balaban J connectivity index is 2.45. The molecule has 0 heterocycles. The van der Waals surface area contributed by atoms with Gasteiger partial charge in [-0.15, -0.1) is 0 Å². The summed E-state index contributed by atoms with van der Waals surface area (Å²) in [4.78, 5) is 23.3. The molecule has 0 saturated heterocycles. The highest BCUT2D eigenvalue weighted by Gasteiger charge is 2.21. The summed E-state index contributed by atoms with van der Waals surface area (Å²) in [7, 11) is 0. The molecule has 0 radical (unpaired) electrons. The fourth-order valence-corrected chi connectivity index (χ4v) is 1.45. The van der Waals surface area contributed by atoms with E-state index in [1.54, 1.807) is 0 Å². The van der Waals surface area contributed by atoms with E-state index < -0.39 is 5.41 Å². The molecule has 1 rings (SSSR count). The Morgan fingerprint density at radius 3 is 2.16 bits per heavy atom. The van der Waals surface area contributed by atoms with Crippen molar-refractivity contribution in [2.24, 2.45) is 5.41 Å². The minimum absolute atomic E-state index is 0.00830. The summed E-state index contributed by atoms with van der Waals surface area (Å²) in [6.45, 7) is 7.50. The molecule has 4 nitrogen and oxygen atoms in total. The van der Waals surface area contributed by atoms with Crippen LogP contribution >= 0.6 is 0 Å². The Morgan fingerprint density at radius 2 is 1.68 bits per heavy atom. The Morgan fingerprint density at radius 1 is 1.11 bits per heavy atom. The zero-order valence-electron chi connectivity index (χ0n) is 12.0. The lowest BCUT2D eigenvalue weighted by molar-refractivity contribution is -0.130. The van der Waals surface area contributed by atoms with E-state index in [0.29, 0.717) is 0 Å². The van der Waals surface area contributed by atoms with Gasteiger partial charge in [0, 0.05) is 11.1 Å². The predicted molar refractivity (Wildman–Crippen MR) is 76.9 cm³/mol. The van der Waals surface area contributed by atoms with Crippen LogP contribution in [0.1, 0.15) is 33.3 Å². The van der Waals surface area contributed by atoms with Gasteiger partial charge in [0.05, 0.1) is 6.54 Å². The van der Waals surface area contributed by atoms with Crippen LogP contribution in [0.2, 0.25) is 0 Å². The third kappa shape index (κ3) is 5.12. The van der Waals surface area contributed by atoms with Gasteiger partial charge in [-0.25, -0.2) is 0 Å². The van der Waals surface area contributed by atoms with Crippen molar-refractivity contribution >= 4 is 17.5 Å². The molecule has 0 spiro atoms. The van der Waals surface area contributed by atoms with Crippen LogP contribution in [0.4, 0.5) is 5.69 Å². The Kier molecular flexibility index (Phi) is 5.10. The van der Waals surface area contributed by atoms with E-state index in [1.165, 1.54) is 5.56 Å². The second-order valence-corrected chi connectivity index (χ2v) is 5.53. The molecule has 19 heavy (non-hydrogen) atoms. The van der Waals surface area contributed by atoms with Crippen molar-refractivity contribution in [2.45, 2.75) is 34.1 Å². The average molecular weight is 262 g/mol. The van der Waals surface area contributed by atoms with E-state index in [-0.39, 0.29) is 18.4 Å². The fraction of sp³-hybridized carbons (Fsp3) is 0.467. The molecular formula is C15H22N2O2. The van der Waals surface area contributed by atoms with Gasteiger partial charge < -0.3 is 10.6 Å². The number of amides is 2. The number of benzene rings is 1. The lowest BCUT2D eigenvalue weighted by Crippen LogP contribution is -2.39. The smallest absolute Gasteiger partial charge is 0.243 e. The summed E-state index contributed by atoms with van der Waals surface area (Å²) in [5.74, 6) is -0.356. The maximum atomic E-state index is 11.7. The molecule has 2 amide bonds. The Hall–Kier alpha value is -1.84. The first-order valence-electron chi connectivity index (χ1n) is 6.50. The number of carbonyl (C=O) groups excluding carboxylic acids is 2. The Bertz CT molecular complexity index is 444. The third-order valence-electron chi connectivity index (χ3n) is 2.74. The highest BCUT2D eigenvalue weighted by Crippen LogP contribution is 2.12. The number of hydrogen-bond donors (Lipinski definition) is 2. The summed E-state index contributed by atoms with van der Waals surface area (Å²) >= 11 is 0. The predicted octanol–water partition coefficient (Wildman–Crippen LogP) is 2.35. The third-order valence-corrected chi connectivity index (χ3v) is 2.74. The molecule has 0 unspecified atom stereocenters. The van der Waals surface area contributed by atoms with Crippen molar-refractivity contribution in [3.63, 3.8) is 0 Å². The molecule has 2 N–H and O–H groups in total. The van der Waals surface area contributed by atoms with Crippen LogP contribution in [0.5, 0.6) is 0 Å². The molecule has 1 aromatic carbocycles. The van der Waals surface area contributed by atoms with E-state index in [1.807, 2.05) is 45.0 Å². The first kappa shape index (κ1) is 15.2. The minimum atomic E-state index is -0.483. The van der Waals surface area contributed by atoms with Crippen LogP contribution in [-0.2, 0) is 16.0 Å². The quantitative estimate of drug-likeness (QED) is 0.875. The highest BCUT2D eigenvalue weighted by atomic mass is 16.2. The van der Waals surface area contributed by atoms with Gasteiger partial charge in [-0.05, 0) is 24.1 Å². The van der Waals surface area contributed by atoms with E-state index >= 15 is 0 Å². The molecule has 0 saturated carbocycles. The number of nitrogens with one attached hydrogen (secondary N) is 2. The molecule has 0 aliphatic heterocycles. The summed E-state index contributed by atoms with van der Waals surface area (Å²) in [5, 5.41) is 5.36. The van der Waals surface area contributed by atoms with E-state index in [2.05, 4.69) is 17.6 Å². The van der Waals surface area contributed by atoms with E-state index in [9.17, 15) is 9.59 Å². The maximum Gasteiger partial charge on any atom is 0.243 e. The second-order valence-electron chi connectivity index (χ2n) is 5.53. The van der Waals surface area contributed by atoms with Gasteiger partial charge in [0.2, 0.25) is 11.8 Å². The van der Waals surface area contributed by atoms with Crippen molar-refractivity contribution < 1.29 is 9.59 Å². The largest absolute Gasteiger partial charge is 0.347 e. The molecular weight excluding hydrogens is 240 g/mol. The van der Waals surface area contributed by atoms with Crippen LogP contribution < -0.4 is 10.6 Å². The zero-order chi connectivity index (χ0) is 14.5. The number of aryl methyl sites for hydroxylation is 1. The second kappa shape index (κ2) is 6.36. The number of anilines is 1. The molecule has 1 aromatic rings. The summed E-state index contributed by atoms with van der Waals surface area (Å²) < 4.78 is 0. The van der Waals surface area contributed by atoms with Crippen molar-refractivity contribution in [1.82, 2.24) is 5.32 Å². The summed E-state index contributed by atoms with van der Waals surface area (Å²) in [5.41, 5.74) is 1.48. The van der Waals surface area contributed by atoms with Gasteiger partial charge in [0.25, 0.3) is 0 Å². The zero-order valence-corrected chi connectivity index (χ0v) is 12.0. The van der Waals surface area contributed by atoms with Crippen molar-refractivity contribution in [2.75, 3.05) is 11.9 Å². The van der Waals surface area contributed by atoms with E-state index in [4.69, 9.17) is 0 Å². The summed E-state index contributed by atoms with van der Waals surface area (Å²) in [6, 6.07) is 7.68. The van der Waals surface area contributed by atoms with Gasteiger partial charge in [0.15, 0.2) is 0 Å². The van der Waals surface area contributed by atoms with Gasteiger partial charge in [-0.2, -0.15) is 0 Å². The minimum Gasteiger partial charge on any atom is -0.347 e. The molecule has 0 bridgehead atoms. The molecule has 0 atom stereocenters. The van der Waals surface area contributed by atoms with Crippen molar-refractivity contribution in [1.29, 1.82) is 0 Å². The van der Waals surface area contributed by atoms with Gasteiger partial charge in [-0.3, -0.25) is 9.59 Å². The van der Waals surface area contributed by atoms with Crippen LogP contribution in [0.25, 0.3) is 0 Å². The van der Waals surface area contributed by atoms with Crippen molar-refractivity contribution in [3.8, 4) is 0 Å². The van der Waals surface area contributed by atoms with E-state index in [0.717, 1.165) is 12.1 Å². The van der Waals surface area contributed by atoms with Gasteiger partial charge >= 0.3 is 0 Å². The number of rotatable bonds is 4. The molecule has 4 heteroatoms. The lowest BCUT2D eigenvalue weighted by Gasteiger charge is -2.17. The van der Waals surface area contributed by atoms with Crippen LogP contribution in [0, 0.1) is 5.41 Å². The fourth-order valence-electron chi connectivity index (χ4n) is 1.45. The first-order valence-corrected chi connectivity index (χ1v) is 6.50. The lowest BCUT2D eigenvalue weighted by atomic mass is 9.96. The van der Waals surface area contributed by atoms with Gasteiger partial charge in [-0.1, -0.05) is 39.8 Å². The normalized spacial score (nSPS) is 10.9. The van der Waals surface area contributed by atoms with Crippen molar-refractivity contribution in [3.05, 3.63) is 29.8 Å². The molecule has 0 aliphatic carbocycles. The summed E-state index contributed by atoms with van der Waals surface area (Å²) in [6.07, 6.45) is 0.968. The SMILES string of the molecule is CCc1ccc(NC(=O)CNC(=O)C(C)(C)C)cc1. The molecule has 0 aliphatic rings. The maximum absolute atomic E-state index is 11.7. The first-order chi connectivity index (χ1) is 8.82. The van der Waals surface area contributed by atoms with Crippen LogP contribution in [-0.4, -0.2) is 18.4 Å². The number of hydrogen-bond acceptors (Lipinski definition) is 2. The standard InChI is InChI=1S/C15H22N2O2/c1-5-11-6-8-12(9-7-11)17-13(18)10-16-14(19)15(2,3)4/h6-9H,5,10H2,1-4H3,(H,16,19)(H,17,18).